The number of rotatable bonds is 3. The minimum absolute atomic E-state index is 0.245. The zero-order chi connectivity index (χ0) is 8.41. The molecule has 0 spiro atoms. The van der Waals surface area contributed by atoms with Gasteiger partial charge in [-0.1, -0.05) is 6.58 Å². The van der Waals surface area contributed by atoms with Gasteiger partial charge >= 0.3 is 10.9 Å². The summed E-state index contributed by atoms with van der Waals surface area (Å²) >= 11 is 1.44. The van der Waals surface area contributed by atoms with E-state index in [2.05, 4.69) is 11.3 Å². The second kappa shape index (κ2) is 2.77. The van der Waals surface area contributed by atoms with Gasteiger partial charge in [-0.05, 0) is 0 Å². The van der Waals surface area contributed by atoms with Crippen LogP contribution in [0.1, 0.15) is 0 Å². The van der Waals surface area contributed by atoms with E-state index in [0.29, 0.717) is 0 Å². The van der Waals surface area contributed by atoms with E-state index in [9.17, 15) is 17.6 Å². The molecule has 1 nitrogen and oxygen atoms in total. The fourth-order valence-corrected chi connectivity index (χ4v) is 0.265. The van der Waals surface area contributed by atoms with Crippen LogP contribution in [0.3, 0.4) is 0 Å². The highest BCUT2D eigenvalue weighted by Gasteiger charge is 2.57. The van der Waals surface area contributed by atoms with Crippen LogP contribution >= 0.6 is 15.9 Å². The fraction of sp³-hybridized carbons (Fsp3) is 0.500. The molecule has 0 radical (unpaired) electrons. The smallest absolute Gasteiger partial charge is 0.436 e. The number of hydrogen-bond donors (Lipinski definition) is 0. The van der Waals surface area contributed by atoms with Crippen molar-refractivity contribution in [3.63, 3.8) is 0 Å². The van der Waals surface area contributed by atoms with Crippen LogP contribution in [0.4, 0.5) is 17.6 Å². The molecule has 6 heteroatoms. The van der Waals surface area contributed by atoms with Crippen molar-refractivity contribution in [1.82, 2.24) is 0 Å². The molecule has 0 fully saturated rings. The van der Waals surface area contributed by atoms with Crippen molar-refractivity contribution in [3.05, 3.63) is 12.8 Å². The first-order chi connectivity index (χ1) is 4.31. The van der Waals surface area contributed by atoms with Crippen LogP contribution in [-0.2, 0) is 4.74 Å². The first kappa shape index (κ1) is 9.74. The van der Waals surface area contributed by atoms with Crippen LogP contribution < -0.4 is 0 Å². The molecule has 0 bridgehead atoms. The molecule has 0 aliphatic rings. The molecule has 0 rings (SSSR count). The molecule has 0 atom stereocenters. The first-order valence-electron chi connectivity index (χ1n) is 2.04. The summed E-state index contributed by atoms with van der Waals surface area (Å²) in [6, 6.07) is 0. The standard InChI is InChI=1S/C4H3BrF4O/c1-2-10-4(8,9)3(5,6)7/h2H,1H2. The second-order valence-corrected chi connectivity index (χ2v) is 2.30. The van der Waals surface area contributed by atoms with Crippen molar-refractivity contribution in [2.24, 2.45) is 0 Å². The molecule has 0 N–H and O–H groups in total. The molecule has 60 valence electrons. The van der Waals surface area contributed by atoms with E-state index >= 15 is 0 Å². The highest BCUT2D eigenvalue weighted by molar-refractivity contribution is 9.10. The van der Waals surface area contributed by atoms with Crippen molar-refractivity contribution in [3.8, 4) is 0 Å². The molecular weight excluding hydrogens is 220 g/mol. The molecule has 0 saturated heterocycles. The molecular formula is C4H3BrF4O. The molecule has 0 amide bonds. The Morgan fingerprint density at radius 2 is 1.70 bits per heavy atom. The molecule has 10 heavy (non-hydrogen) atoms. The Morgan fingerprint density at radius 1 is 1.30 bits per heavy atom. The number of ether oxygens (including phenoxy) is 1. The van der Waals surface area contributed by atoms with Crippen molar-refractivity contribution < 1.29 is 22.3 Å². The van der Waals surface area contributed by atoms with E-state index in [1.807, 2.05) is 0 Å². The average molecular weight is 223 g/mol. The lowest BCUT2D eigenvalue weighted by atomic mass is 10.6. The third kappa shape index (κ3) is 2.17. The molecule has 0 heterocycles. The van der Waals surface area contributed by atoms with Gasteiger partial charge in [0.2, 0.25) is 0 Å². The second-order valence-electron chi connectivity index (χ2n) is 1.30. The third-order valence-corrected chi connectivity index (χ3v) is 1.02. The monoisotopic (exact) mass is 222 g/mol. The van der Waals surface area contributed by atoms with E-state index in [1.54, 1.807) is 0 Å². The van der Waals surface area contributed by atoms with Gasteiger partial charge in [0, 0.05) is 15.9 Å². The van der Waals surface area contributed by atoms with Crippen LogP contribution in [0.15, 0.2) is 12.8 Å². The predicted molar refractivity (Wildman–Crippen MR) is 30.1 cm³/mol. The SMILES string of the molecule is C=COC(F)(F)C(F)(F)Br. The van der Waals surface area contributed by atoms with Crippen LogP contribution in [0, 0.1) is 0 Å². The summed E-state index contributed by atoms with van der Waals surface area (Å²) < 4.78 is 50.3. The molecule has 0 aromatic rings. The maximum atomic E-state index is 11.8. The summed E-state index contributed by atoms with van der Waals surface area (Å²) in [5, 5.41) is 0. The van der Waals surface area contributed by atoms with Crippen LogP contribution in [0.2, 0.25) is 0 Å². The molecule has 0 aromatic carbocycles. The lowest BCUT2D eigenvalue weighted by molar-refractivity contribution is -0.287. The maximum Gasteiger partial charge on any atom is 0.474 e. The highest BCUT2D eigenvalue weighted by atomic mass is 79.9. The normalized spacial score (nSPS) is 12.9. The topological polar surface area (TPSA) is 9.23 Å². The molecule has 0 unspecified atom stereocenters. The highest BCUT2D eigenvalue weighted by Crippen LogP contribution is 2.40. The number of alkyl halides is 5. The number of hydrogen-bond acceptors (Lipinski definition) is 1. The van der Waals surface area contributed by atoms with E-state index < -0.39 is 10.9 Å². The van der Waals surface area contributed by atoms with Gasteiger partial charge in [-0.15, -0.1) is 0 Å². The third-order valence-electron chi connectivity index (χ3n) is 0.561. The van der Waals surface area contributed by atoms with Gasteiger partial charge in [-0.2, -0.15) is 17.6 Å². The quantitative estimate of drug-likeness (QED) is 0.406. The van der Waals surface area contributed by atoms with Gasteiger partial charge in [-0.3, -0.25) is 0 Å². The first-order valence-corrected chi connectivity index (χ1v) is 2.84. The minimum Gasteiger partial charge on any atom is -0.436 e. The fourth-order valence-electron chi connectivity index (χ4n) is 0.171. The summed E-state index contributed by atoms with van der Waals surface area (Å²) in [5.41, 5.74) is 0. The Labute approximate surface area is 62.8 Å². The zero-order valence-corrected chi connectivity index (χ0v) is 6.17. The largest absolute Gasteiger partial charge is 0.474 e. The van der Waals surface area contributed by atoms with E-state index in [1.165, 1.54) is 15.9 Å². The maximum absolute atomic E-state index is 11.8. The van der Waals surface area contributed by atoms with Gasteiger partial charge in [0.05, 0.1) is 6.26 Å². The summed E-state index contributed by atoms with van der Waals surface area (Å²) in [4.78, 5) is -4.37. The lowest BCUT2D eigenvalue weighted by Crippen LogP contribution is -2.36. The average Bonchev–Trinajstić information content (AvgIpc) is 1.61. The lowest BCUT2D eigenvalue weighted by Gasteiger charge is -2.19. The minimum atomic E-state index is -4.55. The molecule has 0 aromatic heterocycles. The van der Waals surface area contributed by atoms with E-state index in [-0.39, 0.29) is 6.26 Å². The van der Waals surface area contributed by atoms with Gasteiger partial charge in [0.15, 0.2) is 0 Å². The van der Waals surface area contributed by atoms with Gasteiger partial charge < -0.3 is 4.74 Å². The van der Waals surface area contributed by atoms with Crippen LogP contribution in [0.25, 0.3) is 0 Å². The summed E-state index contributed by atoms with van der Waals surface area (Å²) in [6.07, 6.45) is -4.30. The van der Waals surface area contributed by atoms with Gasteiger partial charge in [0.25, 0.3) is 0 Å². The van der Waals surface area contributed by atoms with Crippen LogP contribution in [-0.4, -0.2) is 10.9 Å². The molecule has 0 aliphatic carbocycles. The van der Waals surface area contributed by atoms with Crippen molar-refractivity contribution in [1.29, 1.82) is 0 Å². The zero-order valence-electron chi connectivity index (χ0n) is 4.58. The van der Waals surface area contributed by atoms with Gasteiger partial charge in [0.1, 0.15) is 0 Å². The molecule has 0 saturated carbocycles. The Morgan fingerprint density at radius 3 is 1.80 bits per heavy atom. The van der Waals surface area contributed by atoms with Crippen LogP contribution in [0.5, 0.6) is 0 Å². The molecule has 0 aliphatic heterocycles. The summed E-state index contributed by atoms with van der Waals surface area (Å²) in [5.74, 6) is 0. The summed E-state index contributed by atoms with van der Waals surface area (Å²) in [6.45, 7) is 2.70. The van der Waals surface area contributed by atoms with Crippen molar-refractivity contribution >= 4 is 15.9 Å². The predicted octanol–water partition coefficient (Wildman–Crippen LogP) is 2.73. The van der Waals surface area contributed by atoms with Crippen molar-refractivity contribution in [2.75, 3.05) is 0 Å². The Kier molecular flexibility index (Phi) is 2.70. The Hall–Kier alpha value is -0.260. The Balaban J connectivity index is 4.23. The van der Waals surface area contributed by atoms with Gasteiger partial charge in [-0.25, -0.2) is 0 Å². The Bertz CT molecular complexity index is 130. The number of halogens is 5. The van der Waals surface area contributed by atoms with E-state index in [0.717, 1.165) is 0 Å². The summed E-state index contributed by atoms with van der Waals surface area (Å²) in [7, 11) is 0. The van der Waals surface area contributed by atoms with Crippen molar-refractivity contribution in [2.45, 2.75) is 10.9 Å². The van der Waals surface area contributed by atoms with E-state index in [4.69, 9.17) is 0 Å².